The van der Waals surface area contributed by atoms with E-state index >= 15 is 0 Å². The SMILES string of the molecule is CCC(=O)N1CSCC1C(=O)N1CCC(CCNC)CC1. The second kappa shape index (κ2) is 8.03. The van der Waals surface area contributed by atoms with Gasteiger partial charge in [-0.3, -0.25) is 9.59 Å². The molecule has 1 N–H and O–H groups in total. The summed E-state index contributed by atoms with van der Waals surface area (Å²) in [5.74, 6) is 2.41. The molecule has 120 valence electrons. The average Bonchev–Trinajstić information content (AvgIpc) is 3.01. The highest BCUT2D eigenvalue weighted by Gasteiger charge is 2.37. The van der Waals surface area contributed by atoms with E-state index < -0.39 is 0 Å². The van der Waals surface area contributed by atoms with Gasteiger partial charge >= 0.3 is 0 Å². The molecule has 2 saturated heterocycles. The van der Waals surface area contributed by atoms with Crippen molar-refractivity contribution in [3.63, 3.8) is 0 Å². The van der Waals surface area contributed by atoms with Gasteiger partial charge in [-0.25, -0.2) is 0 Å². The van der Waals surface area contributed by atoms with Gasteiger partial charge in [0.05, 0.1) is 5.88 Å². The van der Waals surface area contributed by atoms with Crippen LogP contribution in [-0.2, 0) is 9.59 Å². The maximum Gasteiger partial charge on any atom is 0.246 e. The zero-order valence-electron chi connectivity index (χ0n) is 13.1. The third-order valence-electron chi connectivity index (χ3n) is 4.52. The minimum absolute atomic E-state index is 0.0993. The van der Waals surface area contributed by atoms with Gasteiger partial charge in [0.15, 0.2) is 0 Å². The van der Waals surface area contributed by atoms with E-state index in [9.17, 15) is 9.59 Å². The Labute approximate surface area is 131 Å². The molecular formula is C15H27N3O2S. The third-order valence-corrected chi connectivity index (χ3v) is 5.53. The number of hydrogen-bond donors (Lipinski definition) is 1. The van der Waals surface area contributed by atoms with E-state index in [1.54, 1.807) is 16.7 Å². The molecule has 2 heterocycles. The van der Waals surface area contributed by atoms with Gasteiger partial charge in [-0.15, -0.1) is 11.8 Å². The Morgan fingerprint density at radius 2 is 2.00 bits per heavy atom. The molecule has 2 aliphatic rings. The summed E-state index contributed by atoms with van der Waals surface area (Å²) in [4.78, 5) is 28.3. The Morgan fingerprint density at radius 3 is 2.62 bits per heavy atom. The zero-order chi connectivity index (χ0) is 15.2. The van der Waals surface area contributed by atoms with Crippen LogP contribution in [0.2, 0.25) is 0 Å². The zero-order valence-corrected chi connectivity index (χ0v) is 14.0. The van der Waals surface area contributed by atoms with E-state index in [4.69, 9.17) is 0 Å². The fraction of sp³-hybridized carbons (Fsp3) is 0.867. The molecule has 0 radical (unpaired) electrons. The lowest BCUT2D eigenvalue weighted by Crippen LogP contribution is -2.51. The van der Waals surface area contributed by atoms with Gasteiger partial charge in [-0.2, -0.15) is 0 Å². The van der Waals surface area contributed by atoms with E-state index in [0.29, 0.717) is 12.3 Å². The fourth-order valence-electron chi connectivity index (χ4n) is 3.10. The van der Waals surface area contributed by atoms with E-state index in [1.807, 2.05) is 18.9 Å². The molecule has 21 heavy (non-hydrogen) atoms. The van der Waals surface area contributed by atoms with Gasteiger partial charge in [0.2, 0.25) is 11.8 Å². The van der Waals surface area contributed by atoms with Crippen LogP contribution in [0.15, 0.2) is 0 Å². The first-order valence-corrected chi connectivity index (χ1v) is 9.13. The minimum Gasteiger partial charge on any atom is -0.341 e. The maximum atomic E-state index is 12.7. The predicted molar refractivity (Wildman–Crippen MR) is 86.1 cm³/mol. The number of nitrogens with zero attached hydrogens (tertiary/aromatic N) is 2. The van der Waals surface area contributed by atoms with Crippen molar-refractivity contribution in [3.8, 4) is 0 Å². The lowest BCUT2D eigenvalue weighted by molar-refractivity contribution is -0.144. The first kappa shape index (κ1) is 16.6. The number of hydrogen-bond acceptors (Lipinski definition) is 4. The second-order valence-electron chi connectivity index (χ2n) is 5.89. The molecule has 0 aromatic carbocycles. The van der Waals surface area contributed by atoms with E-state index in [1.165, 1.54) is 6.42 Å². The first-order chi connectivity index (χ1) is 10.2. The Hall–Kier alpha value is -0.750. The molecule has 1 atom stereocenters. The second-order valence-corrected chi connectivity index (χ2v) is 6.89. The molecule has 0 bridgehead atoms. The lowest BCUT2D eigenvalue weighted by atomic mass is 9.93. The van der Waals surface area contributed by atoms with Crippen LogP contribution in [0, 0.1) is 5.92 Å². The summed E-state index contributed by atoms with van der Waals surface area (Å²) >= 11 is 1.69. The van der Waals surface area contributed by atoms with Crippen molar-refractivity contribution in [2.24, 2.45) is 5.92 Å². The van der Waals surface area contributed by atoms with Gasteiger partial charge < -0.3 is 15.1 Å². The van der Waals surface area contributed by atoms with Crippen molar-refractivity contribution in [1.82, 2.24) is 15.1 Å². The molecule has 0 aromatic rings. The molecule has 6 heteroatoms. The van der Waals surface area contributed by atoms with Crippen LogP contribution in [0.5, 0.6) is 0 Å². The predicted octanol–water partition coefficient (Wildman–Crippen LogP) is 1.15. The summed E-state index contributed by atoms with van der Waals surface area (Å²) in [7, 11) is 1.98. The van der Waals surface area contributed by atoms with Gasteiger partial charge in [0.25, 0.3) is 0 Å². The summed E-state index contributed by atoms with van der Waals surface area (Å²) in [5, 5.41) is 3.19. The van der Waals surface area contributed by atoms with Crippen LogP contribution in [0.1, 0.15) is 32.6 Å². The summed E-state index contributed by atoms with van der Waals surface area (Å²) < 4.78 is 0. The molecule has 2 fully saturated rings. The minimum atomic E-state index is -0.226. The Morgan fingerprint density at radius 1 is 1.29 bits per heavy atom. The number of likely N-dealkylation sites (tertiary alicyclic amines) is 1. The summed E-state index contributed by atoms with van der Waals surface area (Å²) in [6, 6.07) is -0.226. The molecule has 1 unspecified atom stereocenters. The normalized spacial score (nSPS) is 23.6. The molecule has 0 aliphatic carbocycles. The number of piperidine rings is 1. The average molecular weight is 313 g/mol. The van der Waals surface area contributed by atoms with Crippen LogP contribution in [0.4, 0.5) is 0 Å². The smallest absolute Gasteiger partial charge is 0.246 e. The largest absolute Gasteiger partial charge is 0.341 e. The molecule has 5 nitrogen and oxygen atoms in total. The number of thioether (sulfide) groups is 1. The van der Waals surface area contributed by atoms with Crippen LogP contribution in [0.25, 0.3) is 0 Å². The van der Waals surface area contributed by atoms with Crippen molar-refractivity contribution >= 4 is 23.6 Å². The van der Waals surface area contributed by atoms with Gasteiger partial charge in [-0.05, 0) is 38.8 Å². The quantitative estimate of drug-likeness (QED) is 0.827. The molecule has 0 aromatic heterocycles. The number of nitrogens with one attached hydrogen (secondary N) is 1. The lowest BCUT2D eigenvalue weighted by Gasteiger charge is -2.35. The third kappa shape index (κ3) is 4.13. The number of amides is 2. The molecule has 0 spiro atoms. The van der Waals surface area contributed by atoms with Gasteiger partial charge in [0, 0.05) is 25.3 Å². The van der Waals surface area contributed by atoms with E-state index in [0.717, 1.165) is 44.1 Å². The highest BCUT2D eigenvalue weighted by atomic mass is 32.2. The molecule has 2 amide bonds. The van der Waals surface area contributed by atoms with E-state index in [2.05, 4.69) is 5.32 Å². The van der Waals surface area contributed by atoms with Crippen molar-refractivity contribution in [2.45, 2.75) is 38.6 Å². The van der Waals surface area contributed by atoms with Crippen molar-refractivity contribution in [3.05, 3.63) is 0 Å². The molecule has 0 saturated carbocycles. The molecule has 2 aliphatic heterocycles. The standard InChI is InChI=1S/C15H27N3O2S/c1-3-14(19)18-11-21-10-13(18)15(20)17-8-5-12(6-9-17)4-7-16-2/h12-13,16H,3-11H2,1-2H3. The number of carbonyl (C=O) groups is 2. The van der Waals surface area contributed by atoms with Gasteiger partial charge in [-0.1, -0.05) is 6.92 Å². The van der Waals surface area contributed by atoms with Crippen LogP contribution in [-0.4, -0.2) is 66.0 Å². The number of carbonyl (C=O) groups excluding carboxylic acids is 2. The number of rotatable bonds is 5. The Balaban J connectivity index is 1.85. The molecule has 2 rings (SSSR count). The Kier molecular flexibility index (Phi) is 6.36. The van der Waals surface area contributed by atoms with Crippen molar-refractivity contribution in [2.75, 3.05) is 38.3 Å². The van der Waals surface area contributed by atoms with Crippen LogP contribution >= 0.6 is 11.8 Å². The Bertz CT molecular complexity index is 370. The van der Waals surface area contributed by atoms with Crippen LogP contribution in [0.3, 0.4) is 0 Å². The summed E-state index contributed by atoms with van der Waals surface area (Å²) in [6.45, 7) is 4.61. The summed E-state index contributed by atoms with van der Waals surface area (Å²) in [6.07, 6.45) is 3.86. The highest BCUT2D eigenvalue weighted by Crippen LogP contribution is 2.26. The summed E-state index contributed by atoms with van der Waals surface area (Å²) in [5.41, 5.74) is 0. The maximum absolute atomic E-state index is 12.7. The first-order valence-electron chi connectivity index (χ1n) is 7.98. The topological polar surface area (TPSA) is 52.7 Å². The van der Waals surface area contributed by atoms with E-state index in [-0.39, 0.29) is 17.9 Å². The van der Waals surface area contributed by atoms with Crippen molar-refractivity contribution < 1.29 is 9.59 Å². The van der Waals surface area contributed by atoms with Gasteiger partial charge in [0.1, 0.15) is 6.04 Å². The monoisotopic (exact) mass is 313 g/mol. The van der Waals surface area contributed by atoms with Crippen molar-refractivity contribution in [1.29, 1.82) is 0 Å². The highest BCUT2D eigenvalue weighted by molar-refractivity contribution is 7.99. The van der Waals surface area contributed by atoms with Crippen LogP contribution < -0.4 is 5.32 Å². The molecular weight excluding hydrogens is 286 g/mol. The fourth-order valence-corrected chi connectivity index (χ4v) is 4.27.